The summed E-state index contributed by atoms with van der Waals surface area (Å²) in [6.45, 7) is 3.18. The van der Waals surface area contributed by atoms with Gasteiger partial charge in [0.15, 0.2) is 0 Å². The summed E-state index contributed by atoms with van der Waals surface area (Å²) < 4.78 is 1.02. The number of carbonyl (C=O) groups excluding carboxylic acids is 1. The Hall–Kier alpha value is -0.870. The van der Waals surface area contributed by atoms with Crippen molar-refractivity contribution in [2.75, 3.05) is 6.54 Å². The van der Waals surface area contributed by atoms with Crippen LogP contribution in [0.3, 0.4) is 0 Å². The van der Waals surface area contributed by atoms with Gasteiger partial charge in [-0.1, -0.05) is 47.5 Å². The Bertz CT molecular complexity index is 364. The van der Waals surface area contributed by atoms with E-state index in [0.29, 0.717) is 19.5 Å². The molecule has 0 bridgehead atoms. The Morgan fingerprint density at radius 1 is 1.47 bits per heavy atom. The maximum atomic E-state index is 11.7. The Balaban J connectivity index is 2.41. The van der Waals surface area contributed by atoms with Crippen LogP contribution in [0.15, 0.2) is 28.7 Å². The quantitative estimate of drug-likeness (QED) is 0.847. The molecule has 1 amide bonds. The van der Waals surface area contributed by atoms with E-state index in [1.807, 2.05) is 24.3 Å². The molecular formula is C13H19BrN2O. The molecule has 1 aromatic carbocycles. The topological polar surface area (TPSA) is 55.1 Å². The first kappa shape index (κ1) is 14.2. The highest BCUT2D eigenvalue weighted by Crippen LogP contribution is 2.15. The minimum absolute atomic E-state index is 0.0676. The van der Waals surface area contributed by atoms with Crippen LogP contribution in [0.1, 0.15) is 25.3 Å². The van der Waals surface area contributed by atoms with Crippen LogP contribution >= 0.6 is 15.9 Å². The van der Waals surface area contributed by atoms with Gasteiger partial charge >= 0.3 is 0 Å². The van der Waals surface area contributed by atoms with Crippen molar-refractivity contribution in [3.8, 4) is 0 Å². The average Bonchev–Trinajstić information content (AvgIpc) is 2.35. The first-order valence-electron chi connectivity index (χ1n) is 5.87. The molecule has 0 saturated carbocycles. The molecule has 4 heteroatoms. The van der Waals surface area contributed by atoms with E-state index in [2.05, 4.69) is 28.2 Å². The second kappa shape index (κ2) is 7.45. The second-order valence-corrected chi connectivity index (χ2v) is 4.94. The summed E-state index contributed by atoms with van der Waals surface area (Å²) in [4.78, 5) is 11.7. The summed E-state index contributed by atoms with van der Waals surface area (Å²) in [5.41, 5.74) is 6.66. The molecule has 0 aromatic heterocycles. The number of rotatable bonds is 6. The van der Waals surface area contributed by atoms with E-state index in [1.54, 1.807) is 0 Å². The molecule has 1 rings (SSSR count). The third kappa shape index (κ3) is 4.88. The van der Waals surface area contributed by atoms with Gasteiger partial charge in [-0.05, 0) is 24.1 Å². The molecule has 0 saturated heterocycles. The van der Waals surface area contributed by atoms with Crippen molar-refractivity contribution < 1.29 is 4.79 Å². The molecule has 17 heavy (non-hydrogen) atoms. The maximum absolute atomic E-state index is 11.7. The average molecular weight is 299 g/mol. The normalized spacial score (nSPS) is 12.2. The number of benzene rings is 1. The lowest BCUT2D eigenvalue weighted by molar-refractivity contribution is -0.122. The molecule has 1 unspecified atom stereocenters. The Morgan fingerprint density at radius 3 is 2.76 bits per heavy atom. The van der Waals surface area contributed by atoms with Crippen molar-refractivity contribution in [3.05, 3.63) is 34.3 Å². The molecule has 1 atom stereocenters. The van der Waals surface area contributed by atoms with Crippen molar-refractivity contribution in [1.29, 1.82) is 0 Å². The van der Waals surface area contributed by atoms with Crippen molar-refractivity contribution in [2.45, 2.75) is 26.3 Å². The molecule has 3 N–H and O–H groups in total. The predicted octanol–water partition coefficient (Wildman–Crippen LogP) is 2.44. The van der Waals surface area contributed by atoms with Crippen molar-refractivity contribution in [3.63, 3.8) is 0 Å². The predicted molar refractivity (Wildman–Crippen MR) is 73.4 cm³/mol. The van der Waals surface area contributed by atoms with Crippen LogP contribution in [-0.4, -0.2) is 12.5 Å². The minimum atomic E-state index is 0.0676. The standard InChI is InChI=1S/C13H19BrN2O/c1-2-10(8-15)7-13(17)16-9-11-5-3-4-6-12(11)14/h3-6,10H,2,7-9,15H2,1H3,(H,16,17). The monoisotopic (exact) mass is 298 g/mol. The molecule has 94 valence electrons. The van der Waals surface area contributed by atoms with Gasteiger partial charge in [0.2, 0.25) is 5.91 Å². The second-order valence-electron chi connectivity index (χ2n) is 4.08. The Labute approximate surface area is 111 Å². The third-order valence-electron chi connectivity index (χ3n) is 2.82. The number of nitrogens with one attached hydrogen (secondary N) is 1. The van der Waals surface area contributed by atoms with Crippen LogP contribution in [0.4, 0.5) is 0 Å². The lowest BCUT2D eigenvalue weighted by Gasteiger charge is -2.12. The number of nitrogens with two attached hydrogens (primary N) is 1. The molecule has 0 heterocycles. The van der Waals surface area contributed by atoms with E-state index >= 15 is 0 Å². The fourth-order valence-electron chi connectivity index (χ4n) is 1.56. The van der Waals surface area contributed by atoms with Gasteiger partial charge in [0.05, 0.1) is 0 Å². The molecule has 0 spiro atoms. The summed E-state index contributed by atoms with van der Waals surface area (Å²) in [7, 11) is 0. The number of carbonyl (C=O) groups is 1. The summed E-state index contributed by atoms with van der Waals surface area (Å²) in [5, 5.41) is 2.91. The molecule has 0 radical (unpaired) electrons. The van der Waals surface area contributed by atoms with E-state index in [-0.39, 0.29) is 11.8 Å². The van der Waals surface area contributed by atoms with Gasteiger partial charge in [-0.15, -0.1) is 0 Å². The number of amides is 1. The molecule has 0 aliphatic heterocycles. The zero-order valence-electron chi connectivity index (χ0n) is 10.1. The summed E-state index contributed by atoms with van der Waals surface area (Å²) in [6, 6.07) is 7.87. The van der Waals surface area contributed by atoms with Gasteiger partial charge < -0.3 is 11.1 Å². The summed E-state index contributed by atoms with van der Waals surface area (Å²) in [6.07, 6.45) is 1.45. The molecule has 0 fully saturated rings. The number of halogens is 1. The fraction of sp³-hybridized carbons (Fsp3) is 0.462. The zero-order chi connectivity index (χ0) is 12.7. The fourth-order valence-corrected chi connectivity index (χ4v) is 1.99. The van der Waals surface area contributed by atoms with Crippen LogP contribution in [0, 0.1) is 5.92 Å². The smallest absolute Gasteiger partial charge is 0.220 e. The van der Waals surface area contributed by atoms with Gasteiger partial charge in [0.25, 0.3) is 0 Å². The maximum Gasteiger partial charge on any atom is 0.220 e. The van der Waals surface area contributed by atoms with Crippen LogP contribution < -0.4 is 11.1 Å². The molecule has 1 aromatic rings. The molecular weight excluding hydrogens is 280 g/mol. The lowest BCUT2D eigenvalue weighted by atomic mass is 10.0. The van der Waals surface area contributed by atoms with Gasteiger partial charge in [0, 0.05) is 17.4 Å². The van der Waals surface area contributed by atoms with Crippen LogP contribution in [0.25, 0.3) is 0 Å². The van der Waals surface area contributed by atoms with Crippen LogP contribution in [-0.2, 0) is 11.3 Å². The van der Waals surface area contributed by atoms with Gasteiger partial charge in [0.1, 0.15) is 0 Å². The van der Waals surface area contributed by atoms with E-state index in [9.17, 15) is 4.79 Å². The molecule has 3 nitrogen and oxygen atoms in total. The summed E-state index contributed by atoms with van der Waals surface area (Å²) >= 11 is 3.45. The van der Waals surface area contributed by atoms with Gasteiger partial charge in [-0.3, -0.25) is 4.79 Å². The number of hydrogen-bond donors (Lipinski definition) is 2. The minimum Gasteiger partial charge on any atom is -0.352 e. The first-order valence-corrected chi connectivity index (χ1v) is 6.66. The Morgan fingerprint density at radius 2 is 2.18 bits per heavy atom. The van der Waals surface area contributed by atoms with Crippen LogP contribution in [0.2, 0.25) is 0 Å². The summed E-state index contributed by atoms with van der Waals surface area (Å²) in [5.74, 6) is 0.354. The number of hydrogen-bond acceptors (Lipinski definition) is 2. The third-order valence-corrected chi connectivity index (χ3v) is 3.59. The Kier molecular flexibility index (Phi) is 6.22. The molecule has 0 aliphatic rings. The van der Waals surface area contributed by atoms with Crippen molar-refractivity contribution >= 4 is 21.8 Å². The van der Waals surface area contributed by atoms with Crippen LogP contribution in [0.5, 0.6) is 0 Å². The first-order chi connectivity index (χ1) is 8.17. The van der Waals surface area contributed by atoms with Crippen molar-refractivity contribution in [1.82, 2.24) is 5.32 Å². The van der Waals surface area contributed by atoms with Crippen molar-refractivity contribution in [2.24, 2.45) is 11.7 Å². The van der Waals surface area contributed by atoms with Gasteiger partial charge in [-0.2, -0.15) is 0 Å². The molecule has 0 aliphatic carbocycles. The van der Waals surface area contributed by atoms with E-state index < -0.39 is 0 Å². The van der Waals surface area contributed by atoms with Gasteiger partial charge in [-0.25, -0.2) is 0 Å². The SMILES string of the molecule is CCC(CN)CC(=O)NCc1ccccc1Br. The van der Waals surface area contributed by atoms with E-state index in [1.165, 1.54) is 0 Å². The lowest BCUT2D eigenvalue weighted by Crippen LogP contribution is -2.27. The van der Waals surface area contributed by atoms with E-state index in [4.69, 9.17) is 5.73 Å². The van der Waals surface area contributed by atoms with E-state index in [0.717, 1.165) is 16.5 Å². The highest BCUT2D eigenvalue weighted by atomic mass is 79.9. The highest BCUT2D eigenvalue weighted by Gasteiger charge is 2.10. The highest BCUT2D eigenvalue weighted by molar-refractivity contribution is 9.10. The largest absolute Gasteiger partial charge is 0.352 e. The zero-order valence-corrected chi connectivity index (χ0v) is 11.7.